The topological polar surface area (TPSA) is 105 Å². The van der Waals surface area contributed by atoms with Crippen molar-refractivity contribution in [3.8, 4) is 0 Å². The van der Waals surface area contributed by atoms with Gasteiger partial charge in [0.25, 0.3) is 5.91 Å². The molecule has 0 unspecified atom stereocenters. The van der Waals surface area contributed by atoms with Crippen LogP contribution in [0.4, 0.5) is 10.5 Å². The number of rotatable bonds is 6. The predicted molar refractivity (Wildman–Crippen MR) is 111 cm³/mol. The molecule has 1 saturated carbocycles. The molecule has 30 heavy (non-hydrogen) atoms. The van der Waals surface area contributed by atoms with Crippen LogP contribution >= 0.6 is 0 Å². The van der Waals surface area contributed by atoms with Gasteiger partial charge in [-0.1, -0.05) is 38.0 Å². The van der Waals surface area contributed by atoms with Crippen LogP contribution in [0.2, 0.25) is 0 Å². The molecule has 2 aliphatic rings. The first-order chi connectivity index (χ1) is 14.4. The molecule has 1 saturated heterocycles. The molecule has 1 aliphatic heterocycles. The van der Waals surface area contributed by atoms with E-state index in [4.69, 9.17) is 4.74 Å². The lowest BCUT2D eigenvalue weighted by Crippen LogP contribution is -2.47. The molecule has 0 radical (unpaired) electrons. The van der Waals surface area contributed by atoms with Gasteiger partial charge in [0.2, 0.25) is 5.91 Å². The number of imide groups is 1. The summed E-state index contributed by atoms with van der Waals surface area (Å²) in [5.74, 6) is -2.09. The Kier molecular flexibility index (Phi) is 7.07. The van der Waals surface area contributed by atoms with E-state index in [1.54, 1.807) is 4.90 Å². The summed E-state index contributed by atoms with van der Waals surface area (Å²) in [6.07, 6.45) is 3.61. The van der Waals surface area contributed by atoms with Gasteiger partial charge in [-0.3, -0.25) is 19.7 Å². The fourth-order valence-electron chi connectivity index (χ4n) is 4.00. The maximum absolute atomic E-state index is 12.5. The van der Waals surface area contributed by atoms with Gasteiger partial charge in [-0.05, 0) is 37.8 Å². The van der Waals surface area contributed by atoms with Crippen molar-refractivity contribution in [3.63, 3.8) is 0 Å². The first-order valence-corrected chi connectivity index (χ1v) is 10.6. The molecule has 2 atom stereocenters. The van der Waals surface area contributed by atoms with Crippen molar-refractivity contribution in [2.24, 2.45) is 5.92 Å². The van der Waals surface area contributed by atoms with E-state index in [2.05, 4.69) is 10.6 Å². The molecule has 8 nitrogen and oxygen atoms in total. The van der Waals surface area contributed by atoms with Gasteiger partial charge in [-0.25, -0.2) is 4.79 Å². The first kappa shape index (κ1) is 21.8. The molecule has 8 heteroatoms. The van der Waals surface area contributed by atoms with Gasteiger partial charge >= 0.3 is 12.0 Å². The van der Waals surface area contributed by atoms with Gasteiger partial charge in [0.05, 0.1) is 5.92 Å². The van der Waals surface area contributed by atoms with Crippen molar-refractivity contribution >= 4 is 29.5 Å². The van der Waals surface area contributed by atoms with Crippen LogP contribution in [0.1, 0.15) is 51.5 Å². The van der Waals surface area contributed by atoms with Gasteiger partial charge in [0, 0.05) is 24.7 Å². The third kappa shape index (κ3) is 5.17. The summed E-state index contributed by atoms with van der Waals surface area (Å²) < 4.78 is 5.25. The molecule has 2 fully saturated rings. The molecule has 3 rings (SSSR count). The van der Waals surface area contributed by atoms with E-state index < -0.39 is 29.9 Å². The molecular weight excluding hydrogens is 386 g/mol. The zero-order valence-electron chi connectivity index (χ0n) is 17.5. The van der Waals surface area contributed by atoms with Crippen molar-refractivity contribution in [1.82, 2.24) is 10.6 Å². The highest BCUT2D eigenvalue weighted by atomic mass is 16.5. The molecule has 1 aromatic carbocycles. The lowest BCUT2D eigenvalue weighted by atomic mass is 10.1. The summed E-state index contributed by atoms with van der Waals surface area (Å²) in [6.45, 7) is 3.64. The van der Waals surface area contributed by atoms with Gasteiger partial charge < -0.3 is 15.0 Å². The Bertz CT molecular complexity index is 819. The van der Waals surface area contributed by atoms with E-state index in [0.29, 0.717) is 0 Å². The minimum Gasteiger partial charge on any atom is -0.452 e. The number of anilines is 1. The average molecular weight is 415 g/mol. The Morgan fingerprint density at radius 3 is 2.60 bits per heavy atom. The molecule has 0 bridgehead atoms. The summed E-state index contributed by atoms with van der Waals surface area (Å²) in [7, 11) is 0. The molecule has 1 aliphatic carbocycles. The SMILES string of the molecule is CCc1ccccc1N1C[C@@H](C(=O)O[C@@H](C)C(=O)NC(=O)NC2CCCC2)CC1=O. The van der Waals surface area contributed by atoms with E-state index in [0.717, 1.165) is 43.4 Å². The Morgan fingerprint density at radius 1 is 1.20 bits per heavy atom. The molecule has 4 amide bonds. The third-order valence-corrected chi connectivity index (χ3v) is 5.71. The standard InChI is InChI=1S/C22H29N3O5/c1-3-15-8-4-7-11-18(15)25-13-16(12-19(25)26)21(28)30-14(2)20(27)24-22(29)23-17-9-5-6-10-17/h4,7-8,11,14,16-17H,3,5-6,9-10,12-13H2,1-2H3,(H2,23,24,27,29)/t14-,16-/m0/s1. The van der Waals surface area contributed by atoms with E-state index in [-0.39, 0.29) is 24.9 Å². The normalized spacial score (nSPS) is 20.1. The number of carbonyl (C=O) groups is 4. The number of carbonyl (C=O) groups excluding carboxylic acids is 4. The summed E-state index contributed by atoms with van der Waals surface area (Å²) in [5.41, 5.74) is 1.83. The van der Waals surface area contributed by atoms with Gasteiger partial charge in [-0.15, -0.1) is 0 Å². The van der Waals surface area contributed by atoms with Crippen LogP contribution in [-0.2, 0) is 25.5 Å². The first-order valence-electron chi connectivity index (χ1n) is 10.6. The number of aryl methyl sites for hydroxylation is 1. The number of urea groups is 1. The Labute approximate surface area is 176 Å². The lowest BCUT2D eigenvalue weighted by Gasteiger charge is -2.20. The highest BCUT2D eigenvalue weighted by Crippen LogP contribution is 2.29. The van der Waals surface area contributed by atoms with E-state index in [9.17, 15) is 19.2 Å². The fraction of sp³-hybridized carbons (Fsp3) is 0.545. The third-order valence-electron chi connectivity index (χ3n) is 5.71. The average Bonchev–Trinajstić information content (AvgIpc) is 3.37. The van der Waals surface area contributed by atoms with E-state index >= 15 is 0 Å². The van der Waals surface area contributed by atoms with E-state index in [1.807, 2.05) is 31.2 Å². The fourth-order valence-corrected chi connectivity index (χ4v) is 4.00. The molecular formula is C22H29N3O5. The quantitative estimate of drug-likeness (QED) is 0.694. The van der Waals surface area contributed by atoms with Gasteiger partial charge in [-0.2, -0.15) is 0 Å². The number of esters is 1. The van der Waals surface area contributed by atoms with Crippen LogP contribution in [-0.4, -0.2) is 42.5 Å². The molecule has 2 N–H and O–H groups in total. The summed E-state index contributed by atoms with van der Waals surface area (Å²) in [5, 5.41) is 4.97. The number of nitrogens with zero attached hydrogens (tertiary/aromatic N) is 1. The van der Waals surface area contributed by atoms with Crippen LogP contribution in [0, 0.1) is 5.92 Å². The number of hydrogen-bond acceptors (Lipinski definition) is 5. The molecule has 0 aromatic heterocycles. The van der Waals surface area contributed by atoms with Crippen molar-refractivity contribution in [3.05, 3.63) is 29.8 Å². The molecule has 162 valence electrons. The monoisotopic (exact) mass is 415 g/mol. The number of para-hydroxylation sites is 1. The van der Waals surface area contributed by atoms with Gasteiger partial charge in [0.1, 0.15) is 0 Å². The summed E-state index contributed by atoms with van der Waals surface area (Å²) in [4.78, 5) is 50.7. The maximum atomic E-state index is 12.5. The Balaban J connectivity index is 1.52. The highest BCUT2D eigenvalue weighted by Gasteiger charge is 2.38. The minimum atomic E-state index is -1.13. The second-order valence-corrected chi connectivity index (χ2v) is 7.91. The van der Waals surface area contributed by atoms with Crippen molar-refractivity contribution in [2.45, 2.75) is 64.5 Å². The number of amides is 4. The largest absolute Gasteiger partial charge is 0.452 e. The number of ether oxygens (including phenoxy) is 1. The van der Waals surface area contributed by atoms with Crippen molar-refractivity contribution < 1.29 is 23.9 Å². The zero-order valence-corrected chi connectivity index (χ0v) is 17.5. The Hall–Kier alpha value is -2.90. The molecule has 0 spiro atoms. The van der Waals surface area contributed by atoms with Gasteiger partial charge in [0.15, 0.2) is 6.10 Å². The predicted octanol–water partition coefficient (Wildman–Crippen LogP) is 2.30. The Morgan fingerprint density at radius 2 is 1.90 bits per heavy atom. The highest BCUT2D eigenvalue weighted by molar-refractivity contribution is 6.01. The van der Waals surface area contributed by atoms with Crippen LogP contribution in [0.3, 0.4) is 0 Å². The maximum Gasteiger partial charge on any atom is 0.321 e. The lowest BCUT2D eigenvalue weighted by molar-refractivity contribution is -0.158. The zero-order chi connectivity index (χ0) is 21.7. The second kappa shape index (κ2) is 9.73. The number of nitrogens with one attached hydrogen (secondary N) is 2. The second-order valence-electron chi connectivity index (χ2n) is 7.91. The van der Waals surface area contributed by atoms with E-state index in [1.165, 1.54) is 6.92 Å². The van der Waals surface area contributed by atoms with Crippen LogP contribution < -0.4 is 15.5 Å². The van der Waals surface area contributed by atoms with Crippen LogP contribution in [0.25, 0.3) is 0 Å². The van der Waals surface area contributed by atoms with Crippen molar-refractivity contribution in [2.75, 3.05) is 11.4 Å². The molecule has 1 heterocycles. The number of hydrogen-bond donors (Lipinski definition) is 2. The molecule has 1 aromatic rings. The van der Waals surface area contributed by atoms with Crippen molar-refractivity contribution in [1.29, 1.82) is 0 Å². The van der Waals surface area contributed by atoms with Crippen LogP contribution in [0.15, 0.2) is 24.3 Å². The number of benzene rings is 1. The van der Waals surface area contributed by atoms with Crippen LogP contribution in [0.5, 0.6) is 0 Å². The minimum absolute atomic E-state index is 0.0351. The summed E-state index contributed by atoms with van der Waals surface area (Å²) in [6, 6.07) is 7.10. The smallest absolute Gasteiger partial charge is 0.321 e. The summed E-state index contributed by atoms with van der Waals surface area (Å²) >= 11 is 0.